The Kier molecular flexibility index (Phi) is 15.8. The molecule has 3 N–H and O–H groups in total. The molecule has 55 heavy (non-hydrogen) atoms. The summed E-state index contributed by atoms with van der Waals surface area (Å²) in [7, 11) is 1.28. The highest BCUT2D eigenvalue weighted by atomic mass is 16.7. The SMILES string of the molecule is COC(=O)[C@H](N)[C@H]1[C@H](OC[C@H](Cc2ccccc2)NC(=O)OC(C)(C)C)O[C@H](COCc2ccccc2)[C@@H](OCc2ccccc2)[C@@H]1OCc1ccccc1. The maximum atomic E-state index is 13.3. The number of hydrogen-bond donors (Lipinski definition) is 2. The van der Waals surface area contributed by atoms with Crippen molar-refractivity contribution in [2.45, 2.75) is 89.3 Å². The number of hydrogen-bond acceptors (Lipinski definition) is 10. The zero-order chi connectivity index (χ0) is 39.0. The van der Waals surface area contributed by atoms with E-state index in [1.54, 1.807) is 20.8 Å². The summed E-state index contributed by atoms with van der Waals surface area (Å²) in [5, 5.41) is 2.96. The molecule has 1 aliphatic heterocycles. The van der Waals surface area contributed by atoms with E-state index in [0.717, 1.165) is 22.3 Å². The summed E-state index contributed by atoms with van der Waals surface area (Å²) in [5.74, 6) is -1.56. The van der Waals surface area contributed by atoms with Gasteiger partial charge < -0.3 is 44.2 Å². The van der Waals surface area contributed by atoms with E-state index in [2.05, 4.69) is 5.32 Å². The number of methoxy groups -OCH3 is 1. The van der Waals surface area contributed by atoms with Crippen molar-refractivity contribution in [1.29, 1.82) is 0 Å². The Hall–Kier alpha value is -4.62. The van der Waals surface area contributed by atoms with Crippen LogP contribution in [0.3, 0.4) is 0 Å². The lowest BCUT2D eigenvalue weighted by molar-refractivity contribution is -0.308. The highest BCUT2D eigenvalue weighted by Gasteiger charge is 2.52. The largest absolute Gasteiger partial charge is 0.468 e. The second-order valence-electron chi connectivity index (χ2n) is 14.6. The molecule has 294 valence electrons. The molecule has 1 aliphatic rings. The van der Waals surface area contributed by atoms with Gasteiger partial charge in [-0.2, -0.15) is 0 Å². The van der Waals surface area contributed by atoms with Gasteiger partial charge in [0.25, 0.3) is 0 Å². The number of nitrogens with two attached hydrogens (primary N) is 1. The van der Waals surface area contributed by atoms with E-state index in [0.29, 0.717) is 13.0 Å². The van der Waals surface area contributed by atoms with Crippen LogP contribution in [0.2, 0.25) is 0 Å². The van der Waals surface area contributed by atoms with Crippen LogP contribution >= 0.6 is 0 Å². The van der Waals surface area contributed by atoms with Gasteiger partial charge in [0.1, 0.15) is 23.9 Å². The maximum absolute atomic E-state index is 13.3. The minimum Gasteiger partial charge on any atom is -0.468 e. The third-order valence-electron chi connectivity index (χ3n) is 9.05. The van der Waals surface area contributed by atoms with Gasteiger partial charge in [-0.3, -0.25) is 4.79 Å². The Bertz CT molecular complexity index is 1710. The quantitative estimate of drug-likeness (QED) is 0.110. The first kappa shape index (κ1) is 41.5. The number of esters is 1. The standard InChI is InChI=1S/C44H54N2O9/c1-44(2,3)55-43(48)46-35(25-31-17-9-5-10-18-31)29-53-42-37(38(45)41(47)49-4)40(52-28-34-23-15-8-16-24-34)39(51-27-33-21-13-7-14-22-33)36(54-42)30-50-26-32-19-11-6-12-20-32/h5-24,35-40,42H,25-30,45H2,1-4H3,(H,46,48)/t35-,36+,37+,38+,39+,40+,42+/m0/s1. The number of amides is 1. The van der Waals surface area contributed by atoms with Crippen molar-refractivity contribution in [3.63, 3.8) is 0 Å². The average Bonchev–Trinajstić information content (AvgIpc) is 3.18. The first-order chi connectivity index (χ1) is 26.6. The molecular formula is C44H54N2O9. The second kappa shape index (κ2) is 20.9. The Balaban J connectivity index is 1.48. The van der Waals surface area contributed by atoms with Crippen LogP contribution < -0.4 is 11.1 Å². The molecule has 0 spiro atoms. The van der Waals surface area contributed by atoms with Gasteiger partial charge in [-0.05, 0) is 49.4 Å². The molecular weight excluding hydrogens is 700 g/mol. The maximum Gasteiger partial charge on any atom is 0.407 e. The third kappa shape index (κ3) is 13.3. The summed E-state index contributed by atoms with van der Waals surface area (Å²) in [6.45, 7) is 6.27. The second-order valence-corrected chi connectivity index (χ2v) is 14.6. The lowest BCUT2D eigenvalue weighted by Gasteiger charge is -2.47. The van der Waals surface area contributed by atoms with Gasteiger partial charge in [0.2, 0.25) is 0 Å². The molecule has 4 aromatic rings. The summed E-state index contributed by atoms with van der Waals surface area (Å²) >= 11 is 0. The molecule has 0 saturated carbocycles. The van der Waals surface area contributed by atoms with E-state index in [-0.39, 0.29) is 26.4 Å². The van der Waals surface area contributed by atoms with Gasteiger partial charge in [-0.15, -0.1) is 0 Å². The fourth-order valence-electron chi connectivity index (χ4n) is 6.42. The average molecular weight is 755 g/mol. The number of rotatable bonds is 18. The van der Waals surface area contributed by atoms with Gasteiger partial charge in [0, 0.05) is 0 Å². The van der Waals surface area contributed by atoms with E-state index < -0.39 is 60.3 Å². The van der Waals surface area contributed by atoms with Crippen LogP contribution in [-0.4, -0.2) is 74.7 Å². The van der Waals surface area contributed by atoms with Gasteiger partial charge in [0.15, 0.2) is 6.29 Å². The zero-order valence-corrected chi connectivity index (χ0v) is 32.1. The van der Waals surface area contributed by atoms with Crippen molar-refractivity contribution in [3.8, 4) is 0 Å². The van der Waals surface area contributed by atoms with Crippen LogP contribution in [0.15, 0.2) is 121 Å². The highest BCUT2D eigenvalue weighted by Crippen LogP contribution is 2.35. The molecule has 11 nitrogen and oxygen atoms in total. The molecule has 1 heterocycles. The zero-order valence-electron chi connectivity index (χ0n) is 32.1. The van der Waals surface area contributed by atoms with Gasteiger partial charge in [-0.1, -0.05) is 121 Å². The molecule has 11 heteroatoms. The molecule has 1 saturated heterocycles. The van der Waals surface area contributed by atoms with E-state index in [9.17, 15) is 9.59 Å². The van der Waals surface area contributed by atoms with Crippen molar-refractivity contribution < 1.29 is 42.7 Å². The van der Waals surface area contributed by atoms with Crippen molar-refractivity contribution in [3.05, 3.63) is 144 Å². The summed E-state index contributed by atoms with van der Waals surface area (Å²) in [5.41, 5.74) is 9.85. The number of benzene rings is 4. The first-order valence-electron chi connectivity index (χ1n) is 18.7. The molecule has 0 unspecified atom stereocenters. The van der Waals surface area contributed by atoms with Crippen molar-refractivity contribution >= 4 is 12.1 Å². The summed E-state index contributed by atoms with van der Waals surface area (Å²) < 4.78 is 43.7. The van der Waals surface area contributed by atoms with Gasteiger partial charge in [0.05, 0.1) is 58.2 Å². The lowest BCUT2D eigenvalue weighted by Crippen LogP contribution is -2.64. The van der Waals surface area contributed by atoms with Gasteiger partial charge >= 0.3 is 12.1 Å². The van der Waals surface area contributed by atoms with Crippen LogP contribution in [0.5, 0.6) is 0 Å². The molecule has 5 rings (SSSR count). The summed E-state index contributed by atoms with van der Waals surface area (Å²) in [6.07, 6.45) is -3.55. The lowest BCUT2D eigenvalue weighted by atomic mass is 9.85. The minimum atomic E-state index is -1.23. The number of nitrogens with one attached hydrogen (secondary N) is 1. The Morgan fingerprint density at radius 2 is 1.20 bits per heavy atom. The number of ether oxygens (including phenoxy) is 7. The van der Waals surface area contributed by atoms with E-state index >= 15 is 0 Å². The molecule has 4 aromatic carbocycles. The van der Waals surface area contributed by atoms with E-state index in [1.807, 2.05) is 121 Å². The van der Waals surface area contributed by atoms with Crippen molar-refractivity contribution in [2.75, 3.05) is 20.3 Å². The Morgan fingerprint density at radius 3 is 1.71 bits per heavy atom. The predicted octanol–water partition coefficient (Wildman–Crippen LogP) is 6.37. The molecule has 0 aromatic heterocycles. The fourth-order valence-corrected chi connectivity index (χ4v) is 6.42. The number of alkyl carbamates (subject to hydrolysis) is 1. The molecule has 0 bridgehead atoms. The third-order valence-corrected chi connectivity index (χ3v) is 9.05. The molecule has 0 radical (unpaired) electrons. The van der Waals surface area contributed by atoms with Crippen LogP contribution in [0.1, 0.15) is 43.0 Å². The molecule has 7 atom stereocenters. The summed E-state index contributed by atoms with van der Waals surface area (Å²) in [6, 6.07) is 37.3. The topological polar surface area (TPSA) is 137 Å². The smallest absolute Gasteiger partial charge is 0.407 e. The van der Waals surface area contributed by atoms with Crippen molar-refractivity contribution in [1.82, 2.24) is 5.32 Å². The molecule has 1 fully saturated rings. The minimum absolute atomic E-state index is 0.0122. The summed E-state index contributed by atoms with van der Waals surface area (Å²) in [4.78, 5) is 26.3. The predicted molar refractivity (Wildman–Crippen MR) is 208 cm³/mol. The van der Waals surface area contributed by atoms with E-state index in [4.69, 9.17) is 38.9 Å². The fraction of sp³-hybridized carbons (Fsp3) is 0.409. The first-order valence-corrected chi connectivity index (χ1v) is 18.7. The van der Waals surface area contributed by atoms with Crippen molar-refractivity contribution in [2.24, 2.45) is 11.7 Å². The highest BCUT2D eigenvalue weighted by molar-refractivity contribution is 5.76. The molecule has 0 aliphatic carbocycles. The Labute approximate surface area is 324 Å². The molecule has 1 amide bonds. The number of carbonyl (C=O) groups is 2. The van der Waals surface area contributed by atoms with Crippen LogP contribution in [-0.2, 0) is 64.2 Å². The van der Waals surface area contributed by atoms with Crippen LogP contribution in [0.25, 0.3) is 0 Å². The monoisotopic (exact) mass is 754 g/mol. The van der Waals surface area contributed by atoms with Crippen LogP contribution in [0.4, 0.5) is 4.79 Å². The van der Waals surface area contributed by atoms with E-state index in [1.165, 1.54) is 7.11 Å². The van der Waals surface area contributed by atoms with Gasteiger partial charge in [-0.25, -0.2) is 4.79 Å². The Morgan fingerprint density at radius 1 is 0.709 bits per heavy atom. The number of carbonyl (C=O) groups excluding carboxylic acids is 2. The normalized spacial score (nSPS) is 20.9. The van der Waals surface area contributed by atoms with Crippen LogP contribution in [0, 0.1) is 5.92 Å².